The summed E-state index contributed by atoms with van der Waals surface area (Å²) in [6.45, 7) is 21.7. The van der Waals surface area contributed by atoms with E-state index in [2.05, 4.69) is 171 Å². The van der Waals surface area contributed by atoms with Gasteiger partial charge in [0.15, 0.2) is 0 Å². The van der Waals surface area contributed by atoms with Gasteiger partial charge < -0.3 is 0 Å². The Balaban J connectivity index is 1.25. The second kappa shape index (κ2) is 30.7. The molecule has 0 bridgehead atoms. The maximum absolute atomic E-state index is 15.2. The first-order valence-electron chi connectivity index (χ1n) is 34.3. The molecule has 0 spiro atoms. The van der Waals surface area contributed by atoms with Gasteiger partial charge in [0.25, 0.3) is 11.8 Å². The average molecular weight is 1280 g/mol. The van der Waals surface area contributed by atoms with Crippen molar-refractivity contribution >= 4 is 110 Å². The van der Waals surface area contributed by atoms with E-state index in [1.807, 2.05) is 45.3 Å². The first-order chi connectivity index (χ1) is 42.5. The maximum atomic E-state index is 15.2. The zero-order chi connectivity index (χ0) is 61.1. The van der Waals surface area contributed by atoms with Crippen molar-refractivity contribution < 1.29 is 9.59 Å². The SMILES string of the molecule is CCCCCCCCN1C(=O)c2sc3c(-c4cc5c(-c6ccc(CC(CC)CCCC)s6)c6sc(C(CC)(CCCCC)c7ccccc7)cc6c(-c6ccc(CC(CC)CCCC)s6)c5s4)sc(C(C)(CCCCCC)c4ccccc4)c3c2C1=O. The molecule has 1 aliphatic rings. The van der Waals surface area contributed by atoms with E-state index in [1.165, 1.54) is 191 Å². The summed E-state index contributed by atoms with van der Waals surface area (Å²) in [4.78, 5) is 43.3. The molecule has 0 saturated heterocycles. The van der Waals surface area contributed by atoms with Gasteiger partial charge in [-0.2, -0.15) is 0 Å². The van der Waals surface area contributed by atoms with E-state index in [1.54, 1.807) is 16.2 Å². The summed E-state index contributed by atoms with van der Waals surface area (Å²) in [5.74, 6) is 1.18. The molecule has 0 saturated carbocycles. The topological polar surface area (TPSA) is 37.4 Å². The molecule has 6 aromatic heterocycles. The maximum Gasteiger partial charge on any atom is 0.271 e. The smallest absolute Gasteiger partial charge is 0.271 e. The minimum absolute atomic E-state index is 0.0888. The van der Waals surface area contributed by atoms with Crippen molar-refractivity contribution in [3.8, 4) is 30.6 Å². The van der Waals surface area contributed by atoms with Gasteiger partial charge in [-0.3, -0.25) is 14.5 Å². The van der Waals surface area contributed by atoms with Gasteiger partial charge in [-0.05, 0) is 97.9 Å². The fourth-order valence-corrected chi connectivity index (χ4v) is 22.7. The number of benzene rings is 3. The molecule has 9 heteroatoms. The van der Waals surface area contributed by atoms with Crippen molar-refractivity contribution in [2.45, 2.75) is 240 Å². The molecule has 2 amide bonds. The molecule has 4 atom stereocenters. The van der Waals surface area contributed by atoms with Gasteiger partial charge in [0, 0.05) is 88.2 Å². The lowest BCUT2D eigenvalue weighted by Gasteiger charge is -2.33. The van der Waals surface area contributed by atoms with Crippen LogP contribution < -0.4 is 0 Å². The van der Waals surface area contributed by atoms with Gasteiger partial charge in [-0.25, -0.2) is 0 Å². The number of imide groups is 1. The summed E-state index contributed by atoms with van der Waals surface area (Å²) in [5.41, 5.74) is 5.66. The standard InChI is InChI=1S/C78H99NO2S6/c1-10-18-23-25-26-35-48-79-75(80)68-67-72(86-73(68)76(79)81)71(87-74(67)77(9,46-34-24-19-11-2)55-38-29-27-30-39-55)63-51-59-65(61-44-42-57(82-61)49-53(15-6)36-21-13-4)70-60(52-64(85-70)78(17-8,47-33-20-12-3)56-40-31-28-32-41-56)66(69(59)84-63)62-45-43-58(83-62)50-54(16-7)37-22-14-5/h27-32,38-45,51-54H,10-26,33-37,46-50H2,1-9H3. The average Bonchev–Trinajstić information content (AvgIpc) is 1.63. The molecule has 0 N–H and O–H groups in total. The summed E-state index contributed by atoms with van der Waals surface area (Å²) < 4.78 is 3.88. The molecule has 4 unspecified atom stereocenters. The second-order valence-corrected chi connectivity index (χ2v) is 32.3. The number of nitrogens with zero attached hydrogens (tertiary/aromatic N) is 1. The zero-order valence-corrected chi connectivity index (χ0v) is 59.1. The van der Waals surface area contributed by atoms with Crippen LogP contribution in [0.25, 0.3) is 60.9 Å². The Morgan fingerprint density at radius 2 is 0.977 bits per heavy atom. The fourth-order valence-electron chi connectivity index (χ4n) is 14.3. The number of unbranched alkanes of at least 4 members (excludes halogenated alkanes) is 12. The summed E-state index contributed by atoms with van der Waals surface area (Å²) in [7, 11) is 0. The van der Waals surface area contributed by atoms with Crippen LogP contribution in [0.3, 0.4) is 0 Å². The Hall–Kier alpha value is -4.22. The van der Waals surface area contributed by atoms with Crippen molar-refractivity contribution in [1.29, 1.82) is 0 Å². The molecule has 9 aromatic rings. The van der Waals surface area contributed by atoms with Crippen molar-refractivity contribution in [3.05, 3.63) is 138 Å². The van der Waals surface area contributed by atoms with Gasteiger partial charge >= 0.3 is 0 Å². The van der Waals surface area contributed by atoms with Gasteiger partial charge in [0.2, 0.25) is 0 Å². The van der Waals surface area contributed by atoms with Crippen molar-refractivity contribution in [2.24, 2.45) is 11.8 Å². The van der Waals surface area contributed by atoms with Gasteiger partial charge in [-0.1, -0.05) is 251 Å². The highest BCUT2D eigenvalue weighted by molar-refractivity contribution is 7.32. The quantitative estimate of drug-likeness (QED) is 0.0290. The van der Waals surface area contributed by atoms with Gasteiger partial charge in [-0.15, -0.1) is 68.0 Å². The predicted molar refractivity (Wildman–Crippen MR) is 389 cm³/mol. The fraction of sp³-hybridized carbons (Fsp3) is 0.513. The number of carbonyl (C=O) groups is 2. The van der Waals surface area contributed by atoms with E-state index < -0.39 is 0 Å². The lowest BCUT2D eigenvalue weighted by molar-refractivity contribution is 0.0653. The second-order valence-electron chi connectivity index (χ2n) is 25.8. The molecule has 87 heavy (non-hydrogen) atoms. The van der Waals surface area contributed by atoms with Crippen LogP contribution in [0.2, 0.25) is 0 Å². The Kier molecular flexibility index (Phi) is 23.2. The highest BCUT2D eigenvalue weighted by Crippen LogP contribution is 2.60. The first kappa shape index (κ1) is 65.7. The molecule has 1 aliphatic heterocycles. The van der Waals surface area contributed by atoms with Crippen LogP contribution >= 0.6 is 68.0 Å². The van der Waals surface area contributed by atoms with E-state index in [4.69, 9.17) is 0 Å². The van der Waals surface area contributed by atoms with Crippen LogP contribution in [0, 0.1) is 11.8 Å². The van der Waals surface area contributed by atoms with E-state index in [9.17, 15) is 4.79 Å². The number of carbonyl (C=O) groups excluding carboxylic acids is 2. The lowest BCUT2D eigenvalue weighted by atomic mass is 9.73. The molecule has 0 radical (unpaired) electrons. The Bertz CT molecular complexity index is 3560. The number of amides is 2. The number of hydrogen-bond acceptors (Lipinski definition) is 8. The van der Waals surface area contributed by atoms with Crippen LogP contribution in [-0.2, 0) is 23.7 Å². The van der Waals surface area contributed by atoms with Crippen LogP contribution in [0.4, 0.5) is 0 Å². The third-order valence-corrected chi connectivity index (χ3v) is 27.5. The molecular formula is C78H99NO2S6. The van der Waals surface area contributed by atoms with Crippen LogP contribution in [0.5, 0.6) is 0 Å². The third-order valence-electron chi connectivity index (χ3n) is 19.8. The number of rotatable bonds is 36. The zero-order valence-electron chi connectivity index (χ0n) is 54.2. The highest BCUT2D eigenvalue weighted by Gasteiger charge is 2.44. The molecular weight excluding hydrogens is 1180 g/mol. The molecule has 3 aromatic carbocycles. The molecule has 3 nitrogen and oxygen atoms in total. The molecule has 10 rings (SSSR count). The molecule has 7 heterocycles. The van der Waals surface area contributed by atoms with Crippen LogP contribution in [-0.4, -0.2) is 23.3 Å². The van der Waals surface area contributed by atoms with E-state index in [0.717, 1.165) is 67.9 Å². The minimum Gasteiger partial charge on any atom is -0.274 e. The first-order valence-corrected chi connectivity index (χ1v) is 39.2. The molecule has 0 aliphatic carbocycles. The lowest BCUT2D eigenvalue weighted by Crippen LogP contribution is -2.31. The summed E-state index contributed by atoms with van der Waals surface area (Å²) in [6, 6.07) is 37.8. The highest BCUT2D eigenvalue weighted by atomic mass is 32.1. The third kappa shape index (κ3) is 13.9. The Morgan fingerprint density at radius 3 is 1.56 bits per heavy atom. The largest absolute Gasteiger partial charge is 0.274 e. The summed E-state index contributed by atoms with van der Waals surface area (Å²) in [5, 5.41) is 3.77. The van der Waals surface area contributed by atoms with E-state index >= 15 is 4.79 Å². The van der Waals surface area contributed by atoms with Crippen LogP contribution in [0.15, 0.2) is 97.1 Å². The van der Waals surface area contributed by atoms with Crippen LogP contribution in [0.1, 0.15) is 267 Å². The predicted octanol–water partition coefficient (Wildman–Crippen LogP) is 26.5. The number of thiophene rings is 6. The van der Waals surface area contributed by atoms with E-state index in [0.29, 0.717) is 28.8 Å². The number of fused-ring (bicyclic) bond motifs is 5. The van der Waals surface area contributed by atoms with Crippen molar-refractivity contribution in [2.75, 3.05) is 6.54 Å². The number of hydrogen-bond donors (Lipinski definition) is 0. The van der Waals surface area contributed by atoms with Crippen molar-refractivity contribution in [3.63, 3.8) is 0 Å². The van der Waals surface area contributed by atoms with Gasteiger partial charge in [0.1, 0.15) is 4.88 Å². The van der Waals surface area contributed by atoms with Crippen molar-refractivity contribution in [1.82, 2.24) is 4.90 Å². The monoisotopic (exact) mass is 1270 g/mol. The van der Waals surface area contributed by atoms with E-state index in [-0.39, 0.29) is 22.6 Å². The molecule has 464 valence electrons. The van der Waals surface area contributed by atoms with Gasteiger partial charge in [0.05, 0.1) is 15.1 Å². The summed E-state index contributed by atoms with van der Waals surface area (Å²) >= 11 is 11.7. The normalized spacial score (nSPS) is 14.9. The Morgan fingerprint density at radius 1 is 0.448 bits per heavy atom. The summed E-state index contributed by atoms with van der Waals surface area (Å²) in [6.07, 6.45) is 30.3. The minimum atomic E-state index is -0.379. The molecule has 0 fully saturated rings. The Labute approximate surface area is 547 Å².